The zero-order valence-electron chi connectivity index (χ0n) is 18.6. The molecule has 0 bridgehead atoms. The van der Waals surface area contributed by atoms with Gasteiger partial charge in [-0.15, -0.1) is 0 Å². The largest absolute Gasteiger partial charge is 0.454 e. The Kier molecular flexibility index (Phi) is 4.50. The van der Waals surface area contributed by atoms with Crippen molar-refractivity contribution in [2.45, 2.75) is 0 Å². The molecule has 3 aliphatic heterocycles. The molecule has 0 saturated heterocycles. The van der Waals surface area contributed by atoms with E-state index >= 15 is 0 Å². The van der Waals surface area contributed by atoms with E-state index in [4.69, 9.17) is 32.8 Å². The van der Waals surface area contributed by atoms with Gasteiger partial charge in [0.1, 0.15) is 17.4 Å². The molecule has 0 saturated carbocycles. The first-order valence-corrected chi connectivity index (χ1v) is 11.1. The first-order valence-electron chi connectivity index (χ1n) is 11.1. The highest BCUT2D eigenvalue weighted by molar-refractivity contribution is 5.91. The minimum atomic E-state index is 0.148. The van der Waals surface area contributed by atoms with Gasteiger partial charge in [0.25, 0.3) is 0 Å². The highest BCUT2D eigenvalue weighted by Crippen LogP contribution is 2.47. The Hall–Kier alpha value is -5.10. The van der Waals surface area contributed by atoms with Gasteiger partial charge < -0.3 is 32.8 Å². The van der Waals surface area contributed by atoms with Crippen LogP contribution in [-0.2, 0) is 0 Å². The number of fused-ring (bicyclic) bond motifs is 3. The van der Waals surface area contributed by atoms with Crippen molar-refractivity contribution in [3.63, 3.8) is 0 Å². The number of nitrogens with zero attached hydrogens (tertiary/aromatic N) is 2. The lowest BCUT2D eigenvalue weighted by molar-refractivity contribution is 0.173. The quantitative estimate of drug-likeness (QED) is 0.357. The van der Waals surface area contributed by atoms with E-state index in [1.54, 1.807) is 6.21 Å². The molecule has 36 heavy (non-hydrogen) atoms. The molecule has 0 spiro atoms. The maximum absolute atomic E-state index is 10.2. The van der Waals surface area contributed by atoms with Gasteiger partial charge in [0.15, 0.2) is 34.5 Å². The minimum absolute atomic E-state index is 0.148. The van der Waals surface area contributed by atoms with Crippen LogP contribution in [0, 0.1) is 11.3 Å². The van der Waals surface area contributed by atoms with Gasteiger partial charge in [-0.05, 0) is 59.7 Å². The van der Waals surface area contributed by atoms with E-state index < -0.39 is 0 Å². The molecule has 0 radical (unpaired) electrons. The Morgan fingerprint density at radius 3 is 1.89 bits per heavy atom. The predicted molar refractivity (Wildman–Crippen MR) is 126 cm³/mol. The Balaban J connectivity index is 1.37. The number of rotatable bonds is 4. The summed E-state index contributed by atoms with van der Waals surface area (Å²) in [6, 6.07) is 18.7. The van der Waals surface area contributed by atoms with Crippen molar-refractivity contribution in [1.82, 2.24) is 0 Å². The van der Waals surface area contributed by atoms with E-state index in [2.05, 4.69) is 11.1 Å². The summed E-state index contributed by atoms with van der Waals surface area (Å²) in [4.78, 5) is 4.53. The van der Waals surface area contributed by atoms with Gasteiger partial charge in [0.2, 0.25) is 26.3 Å². The fourth-order valence-corrected chi connectivity index (χ4v) is 4.31. The van der Waals surface area contributed by atoms with E-state index in [0.29, 0.717) is 56.9 Å². The van der Waals surface area contributed by atoms with Gasteiger partial charge in [0.05, 0.1) is 0 Å². The van der Waals surface area contributed by atoms with Crippen LogP contribution in [-0.4, -0.2) is 26.6 Å². The van der Waals surface area contributed by atoms with Crippen molar-refractivity contribution in [3.8, 4) is 63.0 Å². The molecule has 3 aromatic carbocycles. The van der Waals surface area contributed by atoms with Crippen molar-refractivity contribution in [2.24, 2.45) is 4.99 Å². The second-order valence-electron chi connectivity index (χ2n) is 8.11. The zero-order valence-corrected chi connectivity index (χ0v) is 18.6. The molecular formula is C27H16N2O7. The predicted octanol–water partition coefficient (Wildman–Crippen LogP) is 5.42. The summed E-state index contributed by atoms with van der Waals surface area (Å²) >= 11 is 0. The third kappa shape index (κ3) is 3.27. The summed E-state index contributed by atoms with van der Waals surface area (Å²) in [5, 5.41) is 10.2. The molecule has 7 rings (SSSR count). The van der Waals surface area contributed by atoms with Gasteiger partial charge in [-0.25, -0.2) is 4.99 Å². The second-order valence-corrected chi connectivity index (χ2v) is 8.11. The maximum Gasteiger partial charge on any atom is 0.238 e. The Bertz CT molecular complexity index is 1600. The summed E-state index contributed by atoms with van der Waals surface area (Å²) in [7, 11) is 0. The molecule has 0 amide bonds. The van der Waals surface area contributed by atoms with Crippen molar-refractivity contribution in [3.05, 3.63) is 65.7 Å². The number of hydrogen-bond acceptors (Lipinski definition) is 9. The molecular weight excluding hydrogens is 464 g/mol. The first kappa shape index (κ1) is 20.3. The molecule has 0 aliphatic carbocycles. The van der Waals surface area contributed by atoms with Crippen LogP contribution in [0.3, 0.4) is 0 Å². The topological polar surface area (TPSA) is 105 Å². The first-order chi connectivity index (χ1) is 17.8. The fourth-order valence-electron chi connectivity index (χ4n) is 4.31. The lowest BCUT2D eigenvalue weighted by Gasteiger charge is -2.06. The summed E-state index contributed by atoms with van der Waals surface area (Å²) < 4.78 is 39.1. The Labute approximate surface area is 204 Å². The van der Waals surface area contributed by atoms with E-state index in [-0.39, 0.29) is 26.3 Å². The highest BCUT2D eigenvalue weighted by atomic mass is 16.7. The monoisotopic (exact) mass is 480 g/mol. The molecule has 4 aromatic rings. The lowest BCUT2D eigenvalue weighted by Crippen LogP contribution is -1.93. The molecule has 1 aromatic heterocycles. The molecule has 4 heterocycles. The van der Waals surface area contributed by atoms with E-state index in [1.165, 1.54) is 0 Å². The van der Waals surface area contributed by atoms with E-state index in [9.17, 15) is 5.26 Å². The summed E-state index contributed by atoms with van der Waals surface area (Å²) in [6.45, 7) is 0.486. The molecule has 0 N–H and O–H groups in total. The molecule has 3 aliphatic rings. The fraction of sp³-hybridized carbons (Fsp3) is 0.111. The van der Waals surface area contributed by atoms with E-state index in [1.807, 2.05) is 54.6 Å². The smallest absolute Gasteiger partial charge is 0.238 e. The second kappa shape index (κ2) is 7.99. The summed E-state index contributed by atoms with van der Waals surface area (Å²) in [6.07, 6.45) is 1.62. The van der Waals surface area contributed by atoms with Crippen molar-refractivity contribution in [1.29, 1.82) is 5.26 Å². The molecule has 0 fully saturated rings. The van der Waals surface area contributed by atoms with Gasteiger partial charge in [-0.3, -0.25) is 0 Å². The minimum Gasteiger partial charge on any atom is -0.454 e. The Morgan fingerprint density at radius 2 is 1.22 bits per heavy atom. The number of ether oxygens (including phenoxy) is 6. The Morgan fingerprint density at radius 1 is 0.667 bits per heavy atom. The number of benzene rings is 3. The van der Waals surface area contributed by atoms with Gasteiger partial charge >= 0.3 is 0 Å². The lowest BCUT2D eigenvalue weighted by atomic mass is 9.97. The van der Waals surface area contributed by atoms with Crippen LogP contribution in [0.5, 0.6) is 34.5 Å². The number of hydrogen-bond donors (Lipinski definition) is 0. The molecule has 9 heteroatoms. The van der Waals surface area contributed by atoms with Crippen LogP contribution in [0.1, 0.15) is 11.1 Å². The molecule has 176 valence electrons. The van der Waals surface area contributed by atoms with Crippen LogP contribution in [0.25, 0.3) is 22.5 Å². The zero-order chi connectivity index (χ0) is 24.1. The van der Waals surface area contributed by atoms with Gasteiger partial charge in [-0.1, -0.05) is 6.07 Å². The molecule has 0 unspecified atom stereocenters. The number of aliphatic imine (C=N–C) groups is 1. The normalized spacial score (nSPS) is 14.4. The summed E-state index contributed by atoms with van der Waals surface area (Å²) in [5.41, 5.74) is 3.10. The van der Waals surface area contributed by atoms with Crippen LogP contribution >= 0.6 is 0 Å². The molecule has 9 nitrogen and oxygen atoms in total. The van der Waals surface area contributed by atoms with Crippen LogP contribution in [0.4, 0.5) is 5.88 Å². The average Bonchev–Trinajstić information content (AvgIpc) is 3.70. The highest BCUT2D eigenvalue weighted by Gasteiger charge is 2.26. The van der Waals surface area contributed by atoms with Gasteiger partial charge in [-0.2, -0.15) is 5.26 Å². The van der Waals surface area contributed by atoms with Crippen molar-refractivity contribution >= 4 is 12.1 Å². The van der Waals surface area contributed by atoms with Crippen LogP contribution in [0.15, 0.2) is 64.0 Å². The molecule has 0 atom stereocenters. The van der Waals surface area contributed by atoms with Crippen molar-refractivity contribution < 1.29 is 32.8 Å². The van der Waals surface area contributed by atoms with Crippen LogP contribution in [0.2, 0.25) is 0 Å². The van der Waals surface area contributed by atoms with E-state index in [0.717, 1.165) is 11.1 Å². The van der Waals surface area contributed by atoms with Crippen molar-refractivity contribution in [2.75, 3.05) is 20.4 Å². The standard InChI is InChI=1S/C27H16N2O7/c28-10-18-25(16-2-5-20-23(8-16)34-13-31-20)26(17-3-6-21-24(9-17)35-14-32-21)36-27(18)29-11-15-1-4-19-22(7-15)33-12-30-19/h1-9,11H,12-14H2. The number of nitriles is 1. The number of furan rings is 1. The maximum atomic E-state index is 10.2. The van der Waals surface area contributed by atoms with Crippen LogP contribution < -0.4 is 28.4 Å². The SMILES string of the molecule is N#Cc1c(N=Cc2ccc3c(c2)OCO3)oc(-c2ccc3c(c2)OCO3)c1-c1ccc2c(c1)OCO2. The third-order valence-electron chi connectivity index (χ3n) is 6.02. The summed E-state index contributed by atoms with van der Waals surface area (Å²) in [5.74, 6) is 4.46. The average molecular weight is 480 g/mol. The van der Waals surface area contributed by atoms with Gasteiger partial charge in [0, 0.05) is 17.3 Å². The third-order valence-corrected chi connectivity index (χ3v) is 6.02.